The Bertz CT molecular complexity index is 762. The molecule has 6 nitrogen and oxygen atoms in total. The molecule has 8 heteroatoms. The van der Waals surface area contributed by atoms with Crippen molar-refractivity contribution in [2.75, 3.05) is 36.5 Å². The summed E-state index contributed by atoms with van der Waals surface area (Å²) in [5.41, 5.74) is 0.550. The van der Waals surface area contributed by atoms with Crippen molar-refractivity contribution in [1.29, 1.82) is 0 Å². The Balaban J connectivity index is 1.76. The lowest BCUT2D eigenvalue weighted by Gasteiger charge is -2.34. The summed E-state index contributed by atoms with van der Waals surface area (Å²) in [4.78, 5) is 28.4. The van der Waals surface area contributed by atoms with E-state index < -0.39 is 17.4 Å². The maximum absolute atomic E-state index is 13.5. The van der Waals surface area contributed by atoms with Crippen molar-refractivity contribution in [3.8, 4) is 5.75 Å². The maximum Gasteiger partial charge on any atom is 0.321 e. The van der Waals surface area contributed by atoms with Crippen LogP contribution in [0.3, 0.4) is 0 Å². The molecule has 0 atom stereocenters. The van der Waals surface area contributed by atoms with Gasteiger partial charge in [0.2, 0.25) is 11.8 Å². The summed E-state index contributed by atoms with van der Waals surface area (Å²) in [5, 5.41) is 2.76. The first-order chi connectivity index (χ1) is 13.1. The molecular weight excluding hydrogens is 368 g/mol. The van der Waals surface area contributed by atoms with Crippen LogP contribution < -0.4 is 15.0 Å². The van der Waals surface area contributed by atoms with Crippen LogP contribution in [0.25, 0.3) is 0 Å². The summed E-state index contributed by atoms with van der Waals surface area (Å²) in [6.45, 7) is 6.71. The van der Waals surface area contributed by atoms with Crippen molar-refractivity contribution in [2.24, 2.45) is 5.41 Å². The monoisotopic (exact) mass is 395 g/mol. The van der Waals surface area contributed by atoms with E-state index in [1.54, 1.807) is 23.1 Å². The van der Waals surface area contributed by atoms with Gasteiger partial charge >= 0.3 is 6.03 Å². The summed E-state index contributed by atoms with van der Waals surface area (Å²) >= 11 is 0. The van der Waals surface area contributed by atoms with Gasteiger partial charge in [0.25, 0.3) is 0 Å². The molecule has 0 unspecified atom stereocenters. The minimum absolute atomic E-state index is 0.0154. The van der Waals surface area contributed by atoms with Gasteiger partial charge in [-0.15, -0.1) is 0 Å². The van der Waals surface area contributed by atoms with E-state index in [1.165, 1.54) is 4.90 Å². The number of halogens is 2. The first kappa shape index (κ1) is 20.4. The zero-order valence-corrected chi connectivity index (χ0v) is 16.6. The van der Waals surface area contributed by atoms with Gasteiger partial charge in [-0.2, -0.15) is 0 Å². The molecule has 0 bridgehead atoms. The molecule has 2 aliphatic heterocycles. The van der Waals surface area contributed by atoms with E-state index in [0.29, 0.717) is 36.8 Å². The van der Waals surface area contributed by atoms with Crippen LogP contribution in [0, 0.1) is 5.41 Å². The zero-order chi connectivity index (χ0) is 20.5. The zero-order valence-electron chi connectivity index (χ0n) is 16.6. The van der Waals surface area contributed by atoms with Crippen molar-refractivity contribution >= 4 is 23.3 Å². The summed E-state index contributed by atoms with van der Waals surface area (Å²) in [5.74, 6) is -2.17. The van der Waals surface area contributed by atoms with Crippen molar-refractivity contribution in [1.82, 2.24) is 4.90 Å². The number of urea groups is 1. The third-order valence-electron chi connectivity index (χ3n) is 4.97. The predicted octanol–water partition coefficient (Wildman–Crippen LogP) is 4.11. The van der Waals surface area contributed by atoms with Gasteiger partial charge in [0.05, 0.1) is 12.2 Å². The van der Waals surface area contributed by atoms with Gasteiger partial charge in [-0.05, 0) is 24.6 Å². The number of alkyl halides is 2. The number of likely N-dealkylation sites (tertiary alicyclic amines) is 1. The molecule has 1 saturated heterocycles. The van der Waals surface area contributed by atoms with Gasteiger partial charge in [0.15, 0.2) is 0 Å². The number of carbonyl (C=O) groups is 2. The van der Waals surface area contributed by atoms with Crippen molar-refractivity contribution in [2.45, 2.75) is 46.0 Å². The highest BCUT2D eigenvalue weighted by atomic mass is 19.3. The number of hydrogen-bond donors (Lipinski definition) is 1. The highest BCUT2D eigenvalue weighted by molar-refractivity contribution is 5.99. The normalized spacial score (nSPS) is 19.3. The molecular formula is C20H27F2N3O3. The number of nitrogens with zero attached hydrogens (tertiary/aromatic N) is 2. The van der Waals surface area contributed by atoms with Crippen LogP contribution >= 0.6 is 0 Å². The molecule has 3 rings (SSSR count). The number of fused-ring (bicyclic) bond motifs is 1. The Morgan fingerprint density at radius 1 is 1.14 bits per heavy atom. The number of ether oxygens (including phenoxy) is 1. The number of hydrogen-bond acceptors (Lipinski definition) is 3. The largest absolute Gasteiger partial charge is 0.490 e. The molecule has 2 heterocycles. The van der Waals surface area contributed by atoms with Crippen LogP contribution in [0.1, 0.15) is 40.0 Å². The SMILES string of the molecule is CC(C)(C)C(=O)N1CCOc2ccc(NC(=O)N3CCCC(F)(F)CC3)cc21. The molecule has 0 aliphatic carbocycles. The standard InChI is InChI=1S/C20H27F2N3O3/c1-19(2,3)17(26)25-11-12-28-16-6-5-14(13-15(16)25)23-18(27)24-9-4-7-20(21,22)8-10-24/h5-6,13H,4,7-12H2,1-3H3,(H,23,27). The molecule has 1 fully saturated rings. The molecule has 0 radical (unpaired) electrons. The number of benzene rings is 1. The lowest BCUT2D eigenvalue weighted by molar-refractivity contribution is -0.126. The van der Waals surface area contributed by atoms with Gasteiger partial charge < -0.3 is 19.9 Å². The van der Waals surface area contributed by atoms with Gasteiger partial charge in [0, 0.05) is 37.0 Å². The topological polar surface area (TPSA) is 61.9 Å². The van der Waals surface area contributed by atoms with E-state index in [0.717, 1.165) is 0 Å². The van der Waals surface area contributed by atoms with Crippen LogP contribution in [0.4, 0.5) is 25.0 Å². The average Bonchev–Trinajstić information content (AvgIpc) is 2.80. The quantitative estimate of drug-likeness (QED) is 0.778. The fourth-order valence-electron chi connectivity index (χ4n) is 3.38. The minimum Gasteiger partial charge on any atom is -0.490 e. The summed E-state index contributed by atoms with van der Waals surface area (Å²) < 4.78 is 32.7. The predicted molar refractivity (Wildman–Crippen MR) is 103 cm³/mol. The van der Waals surface area contributed by atoms with E-state index in [1.807, 2.05) is 20.8 Å². The smallest absolute Gasteiger partial charge is 0.321 e. The first-order valence-corrected chi connectivity index (χ1v) is 9.59. The molecule has 2 aliphatic rings. The second-order valence-electron chi connectivity index (χ2n) is 8.36. The highest BCUT2D eigenvalue weighted by Gasteiger charge is 2.34. The summed E-state index contributed by atoms with van der Waals surface area (Å²) in [6.07, 6.45) is -0.255. The number of rotatable bonds is 1. The second kappa shape index (κ2) is 7.56. The van der Waals surface area contributed by atoms with E-state index >= 15 is 0 Å². The number of amides is 3. The molecule has 3 amide bonds. The Morgan fingerprint density at radius 2 is 1.89 bits per heavy atom. The highest BCUT2D eigenvalue weighted by Crippen LogP contribution is 2.36. The average molecular weight is 395 g/mol. The van der Waals surface area contributed by atoms with Gasteiger partial charge in [-0.25, -0.2) is 13.6 Å². The number of nitrogens with one attached hydrogen (secondary N) is 1. The third-order valence-corrected chi connectivity index (χ3v) is 4.97. The Labute approximate surface area is 163 Å². The summed E-state index contributed by atoms with van der Waals surface area (Å²) in [6, 6.07) is 4.68. The Morgan fingerprint density at radius 3 is 2.61 bits per heavy atom. The number of carbonyl (C=O) groups excluding carboxylic acids is 2. The van der Waals surface area contributed by atoms with Crippen molar-refractivity contribution in [3.63, 3.8) is 0 Å². The maximum atomic E-state index is 13.5. The minimum atomic E-state index is -2.72. The Hall–Kier alpha value is -2.38. The van der Waals surface area contributed by atoms with Gasteiger partial charge in [-0.1, -0.05) is 20.8 Å². The summed E-state index contributed by atoms with van der Waals surface area (Å²) in [7, 11) is 0. The molecule has 1 N–H and O–H groups in total. The molecule has 0 aromatic heterocycles. The van der Waals surface area contributed by atoms with Crippen LogP contribution in [0.5, 0.6) is 5.75 Å². The Kier molecular flexibility index (Phi) is 5.50. The molecule has 28 heavy (non-hydrogen) atoms. The van der Waals surface area contributed by atoms with Crippen molar-refractivity contribution in [3.05, 3.63) is 18.2 Å². The van der Waals surface area contributed by atoms with Crippen LogP contribution in [0.15, 0.2) is 18.2 Å². The van der Waals surface area contributed by atoms with Gasteiger partial charge in [0.1, 0.15) is 12.4 Å². The lowest BCUT2D eigenvalue weighted by Crippen LogP contribution is -2.44. The third kappa shape index (κ3) is 4.54. The van der Waals surface area contributed by atoms with E-state index in [-0.39, 0.29) is 31.7 Å². The fourth-order valence-corrected chi connectivity index (χ4v) is 3.38. The van der Waals surface area contributed by atoms with Crippen LogP contribution in [-0.4, -0.2) is 49.0 Å². The van der Waals surface area contributed by atoms with E-state index in [4.69, 9.17) is 4.74 Å². The van der Waals surface area contributed by atoms with E-state index in [9.17, 15) is 18.4 Å². The first-order valence-electron chi connectivity index (χ1n) is 9.59. The molecule has 0 saturated carbocycles. The fraction of sp³-hybridized carbons (Fsp3) is 0.600. The molecule has 0 spiro atoms. The second-order valence-corrected chi connectivity index (χ2v) is 8.36. The van der Waals surface area contributed by atoms with Crippen molar-refractivity contribution < 1.29 is 23.1 Å². The lowest BCUT2D eigenvalue weighted by atomic mass is 9.94. The molecule has 1 aromatic carbocycles. The number of anilines is 2. The van der Waals surface area contributed by atoms with Gasteiger partial charge in [-0.3, -0.25) is 4.79 Å². The molecule has 154 valence electrons. The van der Waals surface area contributed by atoms with Crippen LogP contribution in [0.2, 0.25) is 0 Å². The molecule has 1 aromatic rings. The van der Waals surface area contributed by atoms with E-state index in [2.05, 4.69) is 5.32 Å². The van der Waals surface area contributed by atoms with Crippen LogP contribution in [-0.2, 0) is 4.79 Å².